The third-order valence-electron chi connectivity index (χ3n) is 3.45. The van der Waals surface area contributed by atoms with Crippen LogP contribution in [0.2, 0.25) is 0 Å². The van der Waals surface area contributed by atoms with Crippen LogP contribution in [0.1, 0.15) is 29.8 Å². The fourth-order valence-corrected chi connectivity index (χ4v) is 4.21. The summed E-state index contributed by atoms with van der Waals surface area (Å²) < 4.78 is 19.3. The van der Waals surface area contributed by atoms with Gasteiger partial charge >= 0.3 is 5.97 Å². The summed E-state index contributed by atoms with van der Waals surface area (Å²) in [6, 6.07) is 4.52. The summed E-state index contributed by atoms with van der Waals surface area (Å²) in [5.41, 5.74) is 1.52. The standard InChI is InChI=1S/C15H13BrFNO2S/c1-2-20-15(19)9-4-6-12-13(9)18-14(21-12)10-7-8(17)3-5-11(10)16/h3,5,7,9H,2,4,6H2,1H3. The largest absolute Gasteiger partial charge is 0.465 e. The number of hydrogen-bond acceptors (Lipinski definition) is 4. The van der Waals surface area contributed by atoms with Crippen molar-refractivity contribution in [2.75, 3.05) is 6.61 Å². The first kappa shape index (κ1) is 14.7. The number of aryl methyl sites for hydroxylation is 1. The Kier molecular flexibility index (Phi) is 4.08. The summed E-state index contributed by atoms with van der Waals surface area (Å²) in [4.78, 5) is 17.6. The van der Waals surface area contributed by atoms with E-state index in [2.05, 4.69) is 20.9 Å². The lowest BCUT2D eigenvalue weighted by atomic mass is 10.1. The van der Waals surface area contributed by atoms with Crippen molar-refractivity contribution >= 4 is 33.2 Å². The number of carbonyl (C=O) groups is 1. The highest BCUT2D eigenvalue weighted by Crippen LogP contribution is 2.41. The highest BCUT2D eigenvalue weighted by Gasteiger charge is 2.33. The molecule has 21 heavy (non-hydrogen) atoms. The Bertz CT molecular complexity index is 701. The average molecular weight is 370 g/mol. The van der Waals surface area contributed by atoms with Crippen molar-refractivity contribution < 1.29 is 13.9 Å². The lowest BCUT2D eigenvalue weighted by Gasteiger charge is -2.08. The Morgan fingerprint density at radius 1 is 1.57 bits per heavy atom. The quantitative estimate of drug-likeness (QED) is 0.756. The average Bonchev–Trinajstić information content (AvgIpc) is 3.01. The van der Waals surface area contributed by atoms with E-state index in [1.54, 1.807) is 13.0 Å². The molecule has 0 fully saturated rings. The van der Waals surface area contributed by atoms with Crippen LogP contribution < -0.4 is 0 Å². The number of esters is 1. The fraction of sp³-hybridized carbons (Fsp3) is 0.333. The van der Waals surface area contributed by atoms with Crippen LogP contribution in [0, 0.1) is 5.82 Å². The van der Waals surface area contributed by atoms with Crippen molar-refractivity contribution in [3.63, 3.8) is 0 Å². The van der Waals surface area contributed by atoms with E-state index in [1.165, 1.54) is 23.5 Å². The van der Waals surface area contributed by atoms with E-state index >= 15 is 0 Å². The topological polar surface area (TPSA) is 39.2 Å². The van der Waals surface area contributed by atoms with Gasteiger partial charge in [-0.1, -0.05) is 15.9 Å². The van der Waals surface area contributed by atoms with Gasteiger partial charge in [0.25, 0.3) is 0 Å². The monoisotopic (exact) mass is 369 g/mol. The van der Waals surface area contributed by atoms with Crippen molar-refractivity contribution in [1.29, 1.82) is 0 Å². The summed E-state index contributed by atoms with van der Waals surface area (Å²) >= 11 is 4.94. The number of ether oxygens (including phenoxy) is 1. The molecule has 1 aromatic carbocycles. The lowest BCUT2D eigenvalue weighted by Crippen LogP contribution is -2.14. The predicted octanol–water partition coefficient (Wildman–Crippen LogP) is 4.30. The Hall–Kier alpha value is -1.27. The minimum absolute atomic E-state index is 0.216. The van der Waals surface area contributed by atoms with E-state index in [-0.39, 0.29) is 17.7 Å². The molecular formula is C15H13BrFNO2S. The molecule has 0 spiro atoms. The number of rotatable bonds is 3. The first-order chi connectivity index (χ1) is 10.1. The molecule has 0 N–H and O–H groups in total. The molecule has 1 atom stereocenters. The van der Waals surface area contributed by atoms with E-state index in [9.17, 15) is 9.18 Å². The number of benzene rings is 1. The normalized spacial score (nSPS) is 16.8. The molecule has 0 aliphatic heterocycles. The number of fused-ring (bicyclic) bond motifs is 1. The van der Waals surface area contributed by atoms with Gasteiger partial charge in [-0.25, -0.2) is 9.37 Å². The summed E-state index contributed by atoms with van der Waals surface area (Å²) in [5, 5.41) is 0.736. The second-order valence-electron chi connectivity index (χ2n) is 4.79. The van der Waals surface area contributed by atoms with Crippen LogP contribution in [-0.4, -0.2) is 17.6 Å². The van der Waals surface area contributed by atoms with Crippen molar-refractivity contribution in [2.24, 2.45) is 0 Å². The predicted molar refractivity (Wildman–Crippen MR) is 82.9 cm³/mol. The third-order valence-corrected chi connectivity index (χ3v) is 5.30. The molecule has 110 valence electrons. The molecule has 1 heterocycles. The zero-order chi connectivity index (χ0) is 15.0. The van der Waals surface area contributed by atoms with Gasteiger partial charge in [-0.2, -0.15) is 0 Å². The Labute approximate surface area is 134 Å². The zero-order valence-corrected chi connectivity index (χ0v) is 13.8. The van der Waals surface area contributed by atoms with E-state index in [1.807, 2.05) is 0 Å². The van der Waals surface area contributed by atoms with Gasteiger partial charge in [0.2, 0.25) is 0 Å². The zero-order valence-electron chi connectivity index (χ0n) is 11.4. The van der Waals surface area contributed by atoms with E-state index in [0.717, 1.165) is 38.5 Å². The summed E-state index contributed by atoms with van der Waals surface area (Å²) in [6.07, 6.45) is 1.57. The smallest absolute Gasteiger partial charge is 0.315 e. The van der Waals surface area contributed by atoms with Gasteiger partial charge in [0.15, 0.2) is 0 Å². The third kappa shape index (κ3) is 2.74. The van der Waals surface area contributed by atoms with Gasteiger partial charge in [-0.15, -0.1) is 11.3 Å². The first-order valence-electron chi connectivity index (χ1n) is 6.71. The minimum atomic E-state index is -0.300. The molecule has 1 aromatic heterocycles. The number of halogens is 2. The molecule has 0 saturated heterocycles. The van der Waals surface area contributed by atoms with E-state index < -0.39 is 0 Å². The highest BCUT2D eigenvalue weighted by molar-refractivity contribution is 9.10. The molecule has 0 radical (unpaired) electrons. The molecule has 2 aromatic rings. The molecule has 0 saturated carbocycles. The molecule has 1 aliphatic carbocycles. The highest BCUT2D eigenvalue weighted by atomic mass is 79.9. The van der Waals surface area contributed by atoms with E-state index in [4.69, 9.17) is 4.74 Å². The second-order valence-corrected chi connectivity index (χ2v) is 6.73. The van der Waals surface area contributed by atoms with Crippen LogP contribution in [0.5, 0.6) is 0 Å². The first-order valence-corrected chi connectivity index (χ1v) is 8.32. The number of nitrogens with zero attached hydrogens (tertiary/aromatic N) is 1. The van der Waals surface area contributed by atoms with Gasteiger partial charge < -0.3 is 4.74 Å². The molecule has 0 bridgehead atoms. The fourth-order valence-electron chi connectivity index (χ4n) is 2.48. The van der Waals surface area contributed by atoms with Crippen LogP contribution >= 0.6 is 27.3 Å². The summed E-state index contributed by atoms with van der Waals surface area (Å²) in [5.74, 6) is -0.797. The maximum absolute atomic E-state index is 13.4. The summed E-state index contributed by atoms with van der Waals surface area (Å²) in [6.45, 7) is 2.17. The Morgan fingerprint density at radius 3 is 3.14 bits per heavy atom. The van der Waals surface area contributed by atoms with Gasteiger partial charge in [0.05, 0.1) is 12.3 Å². The number of hydrogen-bond donors (Lipinski definition) is 0. The molecule has 0 amide bonds. The maximum atomic E-state index is 13.4. The van der Waals surface area contributed by atoms with Crippen LogP contribution in [0.15, 0.2) is 22.7 Å². The van der Waals surface area contributed by atoms with Gasteiger partial charge in [-0.05, 0) is 38.0 Å². The second kappa shape index (κ2) is 5.85. The maximum Gasteiger partial charge on any atom is 0.315 e. The molecule has 3 nitrogen and oxygen atoms in total. The van der Waals surface area contributed by atoms with Gasteiger partial charge in [0.1, 0.15) is 16.7 Å². The Morgan fingerprint density at radius 2 is 2.38 bits per heavy atom. The number of thiazole rings is 1. The molecule has 6 heteroatoms. The van der Waals surface area contributed by atoms with Crippen molar-refractivity contribution in [2.45, 2.75) is 25.7 Å². The van der Waals surface area contributed by atoms with Crippen LogP contribution in [0.25, 0.3) is 10.6 Å². The molecule has 3 rings (SSSR count). The van der Waals surface area contributed by atoms with Crippen molar-refractivity contribution in [1.82, 2.24) is 4.98 Å². The van der Waals surface area contributed by atoms with Gasteiger partial charge in [0, 0.05) is 14.9 Å². The van der Waals surface area contributed by atoms with Crippen molar-refractivity contribution in [3.8, 4) is 10.6 Å². The molecule has 1 aliphatic rings. The van der Waals surface area contributed by atoms with Crippen LogP contribution in [0.3, 0.4) is 0 Å². The number of carbonyl (C=O) groups excluding carboxylic acids is 1. The summed E-state index contributed by atoms with van der Waals surface area (Å²) in [7, 11) is 0. The van der Waals surface area contributed by atoms with Crippen LogP contribution in [-0.2, 0) is 16.0 Å². The SMILES string of the molecule is CCOC(=O)C1CCc2sc(-c3cc(F)ccc3Br)nc21. The minimum Gasteiger partial charge on any atom is -0.465 e. The Balaban J connectivity index is 1.97. The van der Waals surface area contributed by atoms with Crippen molar-refractivity contribution in [3.05, 3.63) is 39.1 Å². The van der Waals surface area contributed by atoms with Crippen LogP contribution in [0.4, 0.5) is 4.39 Å². The molecular weight excluding hydrogens is 357 g/mol. The number of aromatic nitrogens is 1. The molecule has 1 unspecified atom stereocenters. The van der Waals surface area contributed by atoms with Gasteiger partial charge in [-0.3, -0.25) is 4.79 Å². The van der Waals surface area contributed by atoms with E-state index in [0.29, 0.717) is 6.61 Å². The lowest BCUT2D eigenvalue weighted by molar-refractivity contribution is -0.145.